The van der Waals surface area contributed by atoms with Gasteiger partial charge in [-0.25, -0.2) is 0 Å². The Balaban J connectivity index is 2.89. The average molecular weight is 242 g/mol. The Morgan fingerprint density at radius 2 is 1.88 bits per heavy atom. The molecule has 0 aromatic heterocycles. The smallest absolute Gasteiger partial charge is 0.229 e. The highest BCUT2D eigenvalue weighted by molar-refractivity contribution is 7.80. The monoisotopic (exact) mass is 242 g/mol. The Labute approximate surface area is 101 Å². The molecule has 1 aliphatic rings. The van der Waals surface area contributed by atoms with E-state index in [-0.39, 0.29) is 16.8 Å². The van der Waals surface area contributed by atoms with Gasteiger partial charge in [0.25, 0.3) is 0 Å². The summed E-state index contributed by atoms with van der Waals surface area (Å²) in [5.74, 6) is -0.262. The van der Waals surface area contributed by atoms with Crippen molar-refractivity contribution in [3.05, 3.63) is 0 Å². The first-order chi connectivity index (χ1) is 7.57. The second kappa shape index (κ2) is 5.94. The second-order valence-corrected chi connectivity index (χ2v) is 4.54. The summed E-state index contributed by atoms with van der Waals surface area (Å²) < 4.78 is 0. The van der Waals surface area contributed by atoms with Crippen LogP contribution in [0.1, 0.15) is 45.4 Å². The summed E-state index contributed by atoms with van der Waals surface area (Å²) in [7, 11) is 0. The van der Waals surface area contributed by atoms with Crippen molar-refractivity contribution in [3.8, 4) is 0 Å². The molecular formula is C11H18N2O2S. The topological polar surface area (TPSA) is 63.4 Å². The molecule has 0 radical (unpaired) electrons. The fourth-order valence-corrected chi connectivity index (χ4v) is 2.18. The van der Waals surface area contributed by atoms with Gasteiger partial charge in [0, 0.05) is 12.8 Å². The lowest BCUT2D eigenvalue weighted by atomic mass is 10.1. The highest BCUT2D eigenvalue weighted by atomic mass is 32.1. The van der Waals surface area contributed by atoms with Gasteiger partial charge in [-0.05, 0) is 19.3 Å². The maximum Gasteiger partial charge on any atom is 0.229 e. The number of hydrogen-bond acceptors (Lipinski definition) is 3. The number of amides is 2. The van der Waals surface area contributed by atoms with Gasteiger partial charge in [0.1, 0.15) is 0 Å². The lowest BCUT2D eigenvalue weighted by molar-refractivity contribution is -0.145. The van der Waals surface area contributed by atoms with Crippen molar-refractivity contribution in [1.82, 2.24) is 4.90 Å². The van der Waals surface area contributed by atoms with Crippen LogP contribution in [-0.2, 0) is 9.59 Å². The molecule has 5 heteroatoms. The number of carbonyl (C=O) groups excluding carboxylic acids is 2. The van der Waals surface area contributed by atoms with Crippen LogP contribution in [0.5, 0.6) is 0 Å². The number of imide groups is 1. The molecular weight excluding hydrogens is 224 g/mol. The summed E-state index contributed by atoms with van der Waals surface area (Å²) in [6.07, 6.45) is 3.91. The predicted octanol–water partition coefficient (Wildman–Crippen LogP) is 1.37. The molecule has 0 bridgehead atoms. The van der Waals surface area contributed by atoms with E-state index in [0.29, 0.717) is 19.3 Å². The van der Waals surface area contributed by atoms with Crippen LogP contribution in [0, 0.1) is 0 Å². The predicted molar refractivity (Wildman–Crippen MR) is 65.8 cm³/mol. The molecule has 0 aliphatic carbocycles. The minimum Gasteiger partial charge on any atom is -0.392 e. The molecule has 0 aromatic carbocycles. The van der Waals surface area contributed by atoms with Gasteiger partial charge in [0.15, 0.2) is 0 Å². The minimum absolute atomic E-state index is 0.131. The first-order valence-electron chi connectivity index (χ1n) is 5.72. The van der Waals surface area contributed by atoms with E-state index in [2.05, 4.69) is 0 Å². The summed E-state index contributed by atoms with van der Waals surface area (Å²) in [6.45, 7) is 1.98. The van der Waals surface area contributed by atoms with Crippen LogP contribution in [0.3, 0.4) is 0 Å². The molecule has 90 valence electrons. The summed E-state index contributed by atoms with van der Waals surface area (Å²) >= 11 is 4.95. The number of thiocarbonyl (C=S) groups is 1. The average Bonchev–Trinajstić information content (AvgIpc) is 2.37. The van der Waals surface area contributed by atoms with Crippen molar-refractivity contribution in [2.75, 3.05) is 0 Å². The van der Waals surface area contributed by atoms with Crippen molar-refractivity contribution in [3.63, 3.8) is 0 Å². The van der Waals surface area contributed by atoms with Gasteiger partial charge in [0.2, 0.25) is 11.8 Å². The molecule has 1 aliphatic heterocycles. The Kier molecular flexibility index (Phi) is 4.86. The van der Waals surface area contributed by atoms with E-state index >= 15 is 0 Å². The van der Waals surface area contributed by atoms with E-state index in [1.807, 2.05) is 6.92 Å². The van der Waals surface area contributed by atoms with E-state index < -0.39 is 6.04 Å². The summed E-state index contributed by atoms with van der Waals surface area (Å²) in [5, 5.41) is 0. The first-order valence-corrected chi connectivity index (χ1v) is 6.13. The third kappa shape index (κ3) is 3.01. The van der Waals surface area contributed by atoms with Crippen LogP contribution >= 0.6 is 12.2 Å². The maximum atomic E-state index is 11.8. The van der Waals surface area contributed by atoms with Gasteiger partial charge in [0.05, 0.1) is 11.0 Å². The quantitative estimate of drug-likeness (QED) is 0.597. The van der Waals surface area contributed by atoms with E-state index in [1.165, 1.54) is 4.90 Å². The molecule has 1 heterocycles. The lowest BCUT2D eigenvalue weighted by Gasteiger charge is -2.28. The SMILES string of the molecule is CCCC(C(N)=S)N1C(=O)CCCCC1=O. The first kappa shape index (κ1) is 13.1. The van der Waals surface area contributed by atoms with Crippen molar-refractivity contribution in [2.24, 2.45) is 5.73 Å². The number of rotatable bonds is 4. The number of hydrogen-bond donors (Lipinski definition) is 1. The van der Waals surface area contributed by atoms with Crippen LogP contribution < -0.4 is 5.73 Å². The van der Waals surface area contributed by atoms with E-state index in [4.69, 9.17) is 18.0 Å². The van der Waals surface area contributed by atoms with Gasteiger partial charge >= 0.3 is 0 Å². The van der Waals surface area contributed by atoms with Crippen molar-refractivity contribution < 1.29 is 9.59 Å². The van der Waals surface area contributed by atoms with Crippen LogP contribution in [-0.4, -0.2) is 27.7 Å². The highest BCUT2D eigenvalue weighted by Crippen LogP contribution is 2.18. The fourth-order valence-electron chi connectivity index (χ4n) is 1.95. The molecule has 0 spiro atoms. The molecule has 1 fully saturated rings. The van der Waals surface area contributed by atoms with Gasteiger partial charge in [-0.2, -0.15) is 0 Å². The largest absolute Gasteiger partial charge is 0.392 e. The molecule has 1 saturated heterocycles. The van der Waals surface area contributed by atoms with E-state index in [0.717, 1.165) is 19.3 Å². The molecule has 4 nitrogen and oxygen atoms in total. The number of nitrogens with two attached hydrogens (primary N) is 1. The number of likely N-dealkylation sites (tertiary alicyclic amines) is 1. The second-order valence-electron chi connectivity index (χ2n) is 4.07. The van der Waals surface area contributed by atoms with Gasteiger partial charge in [-0.3, -0.25) is 14.5 Å². The third-order valence-electron chi connectivity index (χ3n) is 2.77. The summed E-state index contributed by atoms with van der Waals surface area (Å²) in [5.41, 5.74) is 5.61. The van der Waals surface area contributed by atoms with Gasteiger partial charge < -0.3 is 5.73 Å². The molecule has 0 saturated carbocycles. The van der Waals surface area contributed by atoms with Crippen LogP contribution in [0.25, 0.3) is 0 Å². The lowest BCUT2D eigenvalue weighted by Crippen LogP contribution is -2.49. The molecule has 2 amide bonds. The molecule has 1 unspecified atom stereocenters. The Morgan fingerprint density at radius 1 is 1.38 bits per heavy atom. The van der Waals surface area contributed by atoms with Crippen molar-refractivity contribution >= 4 is 29.0 Å². The van der Waals surface area contributed by atoms with Gasteiger partial charge in [-0.15, -0.1) is 0 Å². The zero-order chi connectivity index (χ0) is 12.1. The maximum absolute atomic E-state index is 11.8. The Bertz CT molecular complexity index is 286. The number of carbonyl (C=O) groups is 2. The standard InChI is InChI=1S/C11H18N2O2S/c1-2-5-8(11(12)16)13-9(14)6-3-4-7-10(13)15/h8H,2-7H2,1H3,(H2,12,16). The molecule has 2 N–H and O–H groups in total. The van der Waals surface area contributed by atoms with Crippen molar-refractivity contribution in [1.29, 1.82) is 0 Å². The van der Waals surface area contributed by atoms with Crippen molar-refractivity contribution in [2.45, 2.75) is 51.5 Å². The highest BCUT2D eigenvalue weighted by Gasteiger charge is 2.31. The third-order valence-corrected chi connectivity index (χ3v) is 3.04. The molecule has 0 aromatic rings. The van der Waals surface area contributed by atoms with Crippen LogP contribution in [0.4, 0.5) is 0 Å². The summed E-state index contributed by atoms with van der Waals surface area (Å²) in [4.78, 5) is 25.2. The zero-order valence-electron chi connectivity index (χ0n) is 9.57. The van der Waals surface area contributed by atoms with Gasteiger partial charge in [-0.1, -0.05) is 25.6 Å². The van der Waals surface area contributed by atoms with E-state index in [1.54, 1.807) is 0 Å². The Morgan fingerprint density at radius 3 is 2.25 bits per heavy atom. The van der Waals surface area contributed by atoms with Crippen LogP contribution in [0.15, 0.2) is 0 Å². The molecule has 1 rings (SSSR count). The Hall–Kier alpha value is -0.970. The zero-order valence-corrected chi connectivity index (χ0v) is 10.4. The molecule has 1 atom stereocenters. The summed E-state index contributed by atoms with van der Waals surface area (Å²) in [6, 6.07) is -0.391. The fraction of sp³-hybridized carbons (Fsp3) is 0.727. The van der Waals surface area contributed by atoms with E-state index in [9.17, 15) is 9.59 Å². The van der Waals surface area contributed by atoms with Crippen LogP contribution in [0.2, 0.25) is 0 Å². The molecule has 16 heavy (non-hydrogen) atoms. The number of nitrogens with zero attached hydrogens (tertiary/aromatic N) is 1. The minimum atomic E-state index is -0.391. The normalized spacial score (nSPS) is 19.4.